The van der Waals surface area contributed by atoms with Gasteiger partial charge in [-0.1, -0.05) is 0 Å². The molecule has 0 amide bonds. The second kappa shape index (κ2) is 5.26. The first-order chi connectivity index (χ1) is 7.11. The third-order valence-electron chi connectivity index (χ3n) is 1.52. The minimum atomic E-state index is -0.894. The normalized spacial score (nSPS) is 13.0. The second-order valence-electron chi connectivity index (χ2n) is 2.60. The number of carboxylic acids is 1. The van der Waals surface area contributed by atoms with Crippen molar-refractivity contribution in [1.82, 2.24) is 4.98 Å². The molecule has 80 valence electrons. The first-order valence-corrected chi connectivity index (χ1v) is 4.96. The smallest absolute Gasteiger partial charge is 0.347 e. The van der Waals surface area contributed by atoms with Gasteiger partial charge in [0.2, 0.25) is 0 Å². The van der Waals surface area contributed by atoms with E-state index in [1.807, 2.05) is 0 Å². The maximum absolute atomic E-state index is 10.3. The van der Waals surface area contributed by atoms with Crippen LogP contribution in [0.5, 0.6) is 0 Å². The molecular weight excluding hydrogens is 218 g/mol. The van der Waals surface area contributed by atoms with Crippen LogP contribution < -0.4 is 0 Å². The first kappa shape index (κ1) is 11.4. The Bertz CT molecular complexity index is 397. The van der Waals surface area contributed by atoms with Gasteiger partial charge in [0.1, 0.15) is 11.5 Å². The van der Waals surface area contributed by atoms with E-state index in [1.54, 1.807) is 13.0 Å². The van der Waals surface area contributed by atoms with Crippen LogP contribution in [0.2, 0.25) is 0 Å². The highest BCUT2D eigenvalue weighted by molar-refractivity contribution is 7.11. The van der Waals surface area contributed by atoms with Gasteiger partial charge in [0, 0.05) is 6.08 Å². The third kappa shape index (κ3) is 3.51. The van der Waals surface area contributed by atoms with Gasteiger partial charge in [-0.25, -0.2) is 14.6 Å². The highest BCUT2D eigenvalue weighted by Gasteiger charge is 2.07. The van der Waals surface area contributed by atoms with Crippen LogP contribution >= 0.6 is 11.3 Å². The summed E-state index contributed by atoms with van der Waals surface area (Å²) >= 11 is 1.15. The molecule has 0 aliphatic carbocycles. The zero-order valence-corrected chi connectivity index (χ0v) is 8.78. The molecule has 1 aliphatic heterocycles. The number of aryl methyl sites for hydroxylation is 1. The summed E-state index contributed by atoms with van der Waals surface area (Å²) in [5, 5.41) is 8.42. The van der Waals surface area contributed by atoms with Crippen molar-refractivity contribution < 1.29 is 19.4 Å². The summed E-state index contributed by atoms with van der Waals surface area (Å²) in [5.74, 6) is -1.12. The van der Waals surface area contributed by atoms with Gasteiger partial charge in [-0.2, -0.15) is 0 Å². The van der Waals surface area contributed by atoms with E-state index >= 15 is 0 Å². The van der Waals surface area contributed by atoms with Gasteiger partial charge in [-0.15, -0.1) is 11.3 Å². The van der Waals surface area contributed by atoms with E-state index in [9.17, 15) is 9.59 Å². The van der Waals surface area contributed by atoms with Crippen LogP contribution in [0.3, 0.4) is 0 Å². The fraction of sp³-hybridized carbons (Fsp3) is 0.222. The highest BCUT2D eigenvalue weighted by Crippen LogP contribution is 2.10. The molecule has 2 heterocycles. The Kier molecular flexibility index (Phi) is 3.99. The molecule has 0 aromatic carbocycles. The maximum Gasteiger partial charge on any atom is 0.347 e. The van der Waals surface area contributed by atoms with Crippen molar-refractivity contribution in [2.24, 2.45) is 0 Å². The van der Waals surface area contributed by atoms with Crippen molar-refractivity contribution in [3.05, 3.63) is 28.2 Å². The van der Waals surface area contributed by atoms with Crippen LogP contribution in [-0.2, 0) is 9.53 Å². The number of nitrogens with zero attached hydrogens (tertiary/aromatic N) is 1. The molecule has 1 aromatic rings. The lowest BCUT2D eigenvalue weighted by Crippen LogP contribution is -1.94. The molecule has 0 bridgehead atoms. The molecule has 0 atom stereocenters. The lowest BCUT2D eigenvalue weighted by molar-refractivity contribution is -0.134. The van der Waals surface area contributed by atoms with Crippen molar-refractivity contribution in [2.45, 2.75) is 6.92 Å². The molecule has 5 nitrogen and oxygen atoms in total. The molecular formula is C9H9NO4S. The number of ether oxygens (including phenoxy) is 1. The average Bonchev–Trinajstić information content (AvgIpc) is 2.77. The van der Waals surface area contributed by atoms with E-state index in [0.29, 0.717) is 17.2 Å². The number of aromatic carboxylic acids is 1. The lowest BCUT2D eigenvalue weighted by Gasteiger charge is -1.84. The summed E-state index contributed by atoms with van der Waals surface area (Å²) in [6.07, 6.45) is 3.10. The van der Waals surface area contributed by atoms with Gasteiger partial charge in [0.15, 0.2) is 0 Å². The van der Waals surface area contributed by atoms with Gasteiger partial charge >= 0.3 is 11.9 Å². The quantitative estimate of drug-likeness (QED) is 0.730. The monoisotopic (exact) mass is 227 g/mol. The van der Waals surface area contributed by atoms with E-state index in [2.05, 4.69) is 9.72 Å². The summed E-state index contributed by atoms with van der Waals surface area (Å²) in [7, 11) is 0. The van der Waals surface area contributed by atoms with E-state index < -0.39 is 5.97 Å². The largest absolute Gasteiger partial charge is 0.477 e. The van der Waals surface area contributed by atoms with Gasteiger partial charge in [0.05, 0.1) is 11.2 Å². The van der Waals surface area contributed by atoms with Crippen LogP contribution in [0.25, 0.3) is 0 Å². The summed E-state index contributed by atoms with van der Waals surface area (Å²) in [5.41, 5.74) is 2.12. The first-order valence-electron chi connectivity index (χ1n) is 4.08. The minimum absolute atomic E-state index is 0.227. The van der Waals surface area contributed by atoms with E-state index in [4.69, 9.17) is 5.11 Å². The predicted octanol–water partition coefficient (Wildman–Crippen LogP) is 1.25. The number of aromatic nitrogens is 1. The van der Waals surface area contributed by atoms with Gasteiger partial charge < -0.3 is 9.84 Å². The number of cyclic esters (lactones) is 1. The summed E-state index contributed by atoms with van der Waals surface area (Å²) < 4.78 is 4.40. The van der Waals surface area contributed by atoms with Gasteiger partial charge in [0.25, 0.3) is 0 Å². The number of carboxylic acid groups (broad SMARTS) is 1. The fourth-order valence-corrected chi connectivity index (χ4v) is 1.47. The Balaban J connectivity index is 0.000000162. The third-order valence-corrected chi connectivity index (χ3v) is 2.43. The van der Waals surface area contributed by atoms with E-state index in [1.165, 1.54) is 11.6 Å². The molecule has 1 aliphatic rings. The summed E-state index contributed by atoms with van der Waals surface area (Å²) in [6.45, 7) is 2.14. The molecule has 0 radical (unpaired) electrons. The van der Waals surface area contributed by atoms with Crippen LogP contribution in [0.4, 0.5) is 0 Å². The number of hydrogen-bond acceptors (Lipinski definition) is 5. The van der Waals surface area contributed by atoms with Crippen molar-refractivity contribution in [2.75, 3.05) is 6.61 Å². The fourth-order valence-electron chi connectivity index (χ4n) is 0.830. The number of thiazole rings is 1. The molecule has 1 N–H and O–H groups in total. The standard InChI is InChI=1S/C5H5NO2S.C4H4O2/c1-3-4(5(7)8)9-2-6-3;5-4-2-1-3-6-4/h2H,1H3,(H,7,8);1-2H,3H2. The Hall–Kier alpha value is -1.69. The number of rotatable bonds is 1. The number of carbonyl (C=O) groups is 2. The van der Waals surface area contributed by atoms with Crippen LogP contribution in [0.1, 0.15) is 15.4 Å². The van der Waals surface area contributed by atoms with E-state index in [-0.39, 0.29) is 5.97 Å². The minimum Gasteiger partial charge on any atom is -0.477 e. The highest BCUT2D eigenvalue weighted by atomic mass is 32.1. The SMILES string of the molecule is Cc1ncsc1C(=O)O.O=C1C=CCO1. The second-order valence-corrected chi connectivity index (χ2v) is 3.46. The average molecular weight is 227 g/mol. The Morgan fingerprint density at radius 2 is 2.40 bits per heavy atom. The molecule has 0 spiro atoms. The lowest BCUT2D eigenvalue weighted by atomic mass is 10.4. The van der Waals surface area contributed by atoms with Crippen LogP contribution in [0, 0.1) is 6.92 Å². The van der Waals surface area contributed by atoms with E-state index in [0.717, 1.165) is 11.3 Å². The summed E-state index contributed by atoms with van der Waals surface area (Å²) in [4.78, 5) is 24.3. The Morgan fingerprint density at radius 3 is 2.60 bits per heavy atom. The molecule has 15 heavy (non-hydrogen) atoms. The number of esters is 1. The van der Waals surface area contributed by atoms with Crippen molar-refractivity contribution in [3.63, 3.8) is 0 Å². The number of hydrogen-bond donors (Lipinski definition) is 1. The zero-order chi connectivity index (χ0) is 11.3. The maximum atomic E-state index is 10.3. The predicted molar refractivity (Wildman–Crippen MR) is 53.9 cm³/mol. The number of carbonyl (C=O) groups excluding carboxylic acids is 1. The molecule has 0 unspecified atom stereocenters. The Morgan fingerprint density at radius 1 is 1.67 bits per heavy atom. The topological polar surface area (TPSA) is 76.5 Å². The molecule has 1 aromatic heterocycles. The van der Waals surface area contributed by atoms with Gasteiger partial charge in [-0.3, -0.25) is 0 Å². The van der Waals surface area contributed by atoms with Crippen molar-refractivity contribution in [3.8, 4) is 0 Å². The Labute approximate surface area is 90.0 Å². The molecule has 0 fully saturated rings. The van der Waals surface area contributed by atoms with Gasteiger partial charge in [-0.05, 0) is 13.0 Å². The van der Waals surface area contributed by atoms with Crippen molar-refractivity contribution in [1.29, 1.82) is 0 Å². The molecule has 6 heteroatoms. The molecule has 0 saturated carbocycles. The summed E-state index contributed by atoms with van der Waals surface area (Å²) in [6, 6.07) is 0. The van der Waals surface area contributed by atoms with Crippen molar-refractivity contribution >= 4 is 23.3 Å². The van der Waals surface area contributed by atoms with Crippen LogP contribution in [0.15, 0.2) is 17.7 Å². The van der Waals surface area contributed by atoms with Crippen LogP contribution in [-0.4, -0.2) is 28.6 Å². The molecule has 2 rings (SSSR count). The molecule has 0 saturated heterocycles. The zero-order valence-electron chi connectivity index (χ0n) is 7.97.